The highest BCUT2D eigenvalue weighted by molar-refractivity contribution is 7.52. The lowest BCUT2D eigenvalue weighted by Gasteiger charge is -2.24. The number of halogens is 10. The lowest BCUT2D eigenvalue weighted by Crippen LogP contribution is -2.36. The maximum Gasteiger partial charge on any atom is 0.513 e. The number of benzene rings is 8. The first-order chi connectivity index (χ1) is 36.2. The van der Waals surface area contributed by atoms with Crippen molar-refractivity contribution in [2.24, 2.45) is 0 Å². The zero-order chi connectivity index (χ0) is 54.9. The average molecular weight is 1100 g/mol. The summed E-state index contributed by atoms with van der Waals surface area (Å²) in [6, 6.07) is 36.5. The molecular weight excluding hydrogens is 1060 g/mol. The first kappa shape index (κ1) is 55.8. The molecule has 8 rings (SSSR count). The van der Waals surface area contributed by atoms with Crippen LogP contribution in [0.2, 0.25) is 0 Å². The van der Waals surface area contributed by atoms with Gasteiger partial charge in [-0.2, -0.15) is 27.7 Å². The van der Waals surface area contributed by atoms with Gasteiger partial charge in [-0.15, -0.1) is 0 Å². The van der Waals surface area contributed by atoms with Gasteiger partial charge in [0.2, 0.25) is 69.7 Å². The van der Waals surface area contributed by atoms with Crippen LogP contribution in [-0.4, -0.2) is 24.0 Å². The minimum absolute atomic E-state index is 0.118. The Bertz CT molecular complexity index is 3230. The van der Waals surface area contributed by atoms with Crippen LogP contribution >= 0.6 is 15.5 Å². The molecule has 0 amide bonds. The van der Waals surface area contributed by atoms with E-state index >= 15 is 0 Å². The van der Waals surface area contributed by atoms with E-state index in [4.69, 9.17) is 27.6 Å². The van der Waals surface area contributed by atoms with Crippen LogP contribution in [0.4, 0.5) is 43.9 Å². The van der Waals surface area contributed by atoms with Gasteiger partial charge in [0, 0.05) is 10.8 Å². The van der Waals surface area contributed by atoms with Crippen molar-refractivity contribution in [3.8, 4) is 23.0 Å². The van der Waals surface area contributed by atoms with Gasteiger partial charge in [-0.3, -0.25) is 9.59 Å². The van der Waals surface area contributed by atoms with Crippen molar-refractivity contribution < 1.29 is 90.2 Å². The molecule has 0 aliphatic carbocycles. The number of carbonyl (C=O) groups excluding carboxylic acids is 2. The molecule has 0 spiro atoms. The van der Waals surface area contributed by atoms with Gasteiger partial charge >= 0.3 is 27.4 Å². The van der Waals surface area contributed by atoms with Gasteiger partial charge in [0.15, 0.2) is 0 Å². The van der Waals surface area contributed by atoms with Crippen LogP contribution in [0.15, 0.2) is 146 Å². The summed E-state index contributed by atoms with van der Waals surface area (Å²) < 4.78 is 198. The summed E-state index contributed by atoms with van der Waals surface area (Å²) in [6.45, 7) is 2.07. The van der Waals surface area contributed by atoms with Crippen molar-refractivity contribution in [3.63, 3.8) is 0 Å². The monoisotopic (exact) mass is 1100 g/mol. The molecule has 76 heavy (non-hydrogen) atoms. The molecule has 0 saturated heterocycles. The Morgan fingerprint density at radius 2 is 0.684 bits per heavy atom. The van der Waals surface area contributed by atoms with Crippen LogP contribution in [0.3, 0.4) is 0 Å². The average Bonchev–Trinajstić information content (AvgIpc) is 3.43. The molecule has 0 fully saturated rings. The van der Waals surface area contributed by atoms with E-state index in [1.807, 2.05) is 0 Å². The van der Waals surface area contributed by atoms with Gasteiger partial charge in [-0.1, -0.05) is 133 Å². The number of hydrogen-bond donors (Lipinski definition) is 2. The molecule has 24 heteroatoms. The Balaban J connectivity index is 0.000000221. The highest BCUT2D eigenvalue weighted by Crippen LogP contribution is 2.51. The number of fused-ring (bicyclic) bond motifs is 2. The van der Waals surface area contributed by atoms with E-state index in [1.165, 1.54) is 38.1 Å². The molecule has 2 N–H and O–H groups in total. The van der Waals surface area contributed by atoms with Gasteiger partial charge in [-0.05, 0) is 47.9 Å². The third-order valence-electron chi connectivity index (χ3n) is 10.6. The van der Waals surface area contributed by atoms with Gasteiger partial charge in [-0.25, -0.2) is 35.5 Å². The Labute approximate surface area is 425 Å². The minimum atomic E-state index is -5.07. The predicted molar refractivity (Wildman–Crippen MR) is 256 cm³/mol. The molecule has 12 nitrogen and oxygen atoms in total. The topological polar surface area (TPSA) is 148 Å². The molecule has 8 aromatic carbocycles. The number of carbonyl (C=O) groups is 2. The zero-order valence-electron chi connectivity index (χ0n) is 39.2. The van der Waals surface area contributed by atoms with Gasteiger partial charge in [0.05, 0.1) is 0 Å². The molecule has 1 unspecified atom stereocenters. The standard InChI is InChI=1S/2C26H19F5NO5P/c2*1-15(26(33)35-14-16-8-3-2-4-9-16)32-38(34,36-19-13-7-11-17-10-5-6-12-18(17)19)37-25-23(30)21(28)20(27)22(29)24(25)31/h2*2-13,15H,14H2,1H3,(H,32,34)/t15-,38?;15-,38-/m00/s1. The first-order valence-electron chi connectivity index (χ1n) is 22.1. The van der Waals surface area contributed by atoms with E-state index in [0.717, 1.165) is 0 Å². The molecule has 0 saturated carbocycles. The predicted octanol–water partition coefficient (Wildman–Crippen LogP) is 13.6. The van der Waals surface area contributed by atoms with Crippen molar-refractivity contribution in [3.05, 3.63) is 215 Å². The summed E-state index contributed by atoms with van der Waals surface area (Å²) in [5.41, 5.74) is 1.28. The maximum absolute atomic E-state index is 14.4. The summed E-state index contributed by atoms with van der Waals surface area (Å²) in [7, 11) is -10.1. The smallest absolute Gasteiger partial charge is 0.460 e. The first-order valence-corrected chi connectivity index (χ1v) is 25.2. The zero-order valence-corrected chi connectivity index (χ0v) is 41.0. The van der Waals surface area contributed by atoms with Gasteiger partial charge in [0.25, 0.3) is 0 Å². The van der Waals surface area contributed by atoms with Crippen molar-refractivity contribution in [1.82, 2.24) is 10.2 Å². The van der Waals surface area contributed by atoms with E-state index in [0.29, 0.717) is 32.7 Å². The second kappa shape index (κ2) is 24.2. The Morgan fingerprint density at radius 3 is 1.03 bits per heavy atom. The second-order valence-electron chi connectivity index (χ2n) is 16.0. The molecule has 0 heterocycles. The van der Waals surface area contributed by atoms with Crippen LogP contribution in [-0.2, 0) is 41.4 Å². The van der Waals surface area contributed by atoms with Gasteiger partial charge in [0.1, 0.15) is 36.8 Å². The molecule has 396 valence electrons. The van der Waals surface area contributed by atoms with E-state index in [1.54, 1.807) is 121 Å². The molecule has 4 atom stereocenters. The third kappa shape index (κ3) is 13.1. The fourth-order valence-corrected chi connectivity index (χ4v) is 9.89. The highest BCUT2D eigenvalue weighted by atomic mass is 31.2. The van der Waals surface area contributed by atoms with E-state index < -0.39 is 109 Å². The molecule has 0 bridgehead atoms. The highest BCUT2D eigenvalue weighted by Gasteiger charge is 2.40. The van der Waals surface area contributed by atoms with Crippen LogP contribution in [0, 0.1) is 58.2 Å². The van der Waals surface area contributed by atoms with Crippen LogP contribution in [0.1, 0.15) is 25.0 Å². The fourth-order valence-electron chi connectivity index (χ4n) is 6.81. The Morgan fingerprint density at radius 1 is 0.395 bits per heavy atom. The minimum Gasteiger partial charge on any atom is -0.460 e. The van der Waals surface area contributed by atoms with E-state index in [2.05, 4.69) is 10.2 Å². The number of esters is 2. The SMILES string of the molecule is C[C@H](NP(=O)(Oc1c(F)c(F)c(F)c(F)c1F)Oc1cccc2ccccc12)C(=O)OCc1ccccc1.C[C@H](N[P@@](=O)(Oc1c(F)c(F)c(F)c(F)c1F)Oc1cccc2ccccc12)C(=O)OCc1ccccc1. The molecular formula is C52H38F10N2O10P2. The number of ether oxygens (including phenoxy) is 2. The maximum atomic E-state index is 14.4. The summed E-state index contributed by atoms with van der Waals surface area (Å²) in [6.07, 6.45) is 0. The fraction of sp³-hybridized carbons (Fsp3) is 0.115. The molecule has 0 radical (unpaired) electrons. The number of rotatable bonds is 18. The lowest BCUT2D eigenvalue weighted by atomic mass is 10.1. The van der Waals surface area contributed by atoms with E-state index in [-0.39, 0.29) is 24.7 Å². The van der Waals surface area contributed by atoms with Gasteiger partial charge < -0.3 is 27.6 Å². The van der Waals surface area contributed by atoms with Crippen molar-refractivity contribution in [2.45, 2.75) is 39.1 Å². The summed E-state index contributed by atoms with van der Waals surface area (Å²) in [5.74, 6) is -29.4. The van der Waals surface area contributed by atoms with Crippen LogP contribution in [0.25, 0.3) is 21.5 Å². The van der Waals surface area contributed by atoms with Crippen molar-refractivity contribution >= 4 is 49.0 Å². The molecule has 8 aromatic rings. The molecule has 0 aliphatic heterocycles. The summed E-state index contributed by atoms with van der Waals surface area (Å²) in [5, 5.41) is 6.33. The summed E-state index contributed by atoms with van der Waals surface area (Å²) in [4.78, 5) is 25.1. The lowest BCUT2D eigenvalue weighted by molar-refractivity contribution is -0.147. The molecule has 0 aliphatic rings. The van der Waals surface area contributed by atoms with Crippen LogP contribution in [0.5, 0.6) is 23.0 Å². The van der Waals surface area contributed by atoms with Crippen molar-refractivity contribution in [2.75, 3.05) is 0 Å². The van der Waals surface area contributed by atoms with Crippen LogP contribution < -0.4 is 28.3 Å². The third-order valence-corrected chi connectivity index (χ3v) is 13.7. The summed E-state index contributed by atoms with van der Waals surface area (Å²) >= 11 is 0. The molecule has 0 aromatic heterocycles. The Hall–Kier alpha value is -7.90. The largest absolute Gasteiger partial charge is 0.513 e. The number of hydrogen-bond acceptors (Lipinski definition) is 10. The normalized spacial score (nSPS) is 13.5. The van der Waals surface area contributed by atoms with Crippen molar-refractivity contribution in [1.29, 1.82) is 0 Å². The number of nitrogens with one attached hydrogen (secondary N) is 2. The second-order valence-corrected chi connectivity index (χ2v) is 19.2. The quantitative estimate of drug-likeness (QED) is 0.0277. The van der Waals surface area contributed by atoms with E-state index in [9.17, 15) is 62.6 Å². The Kier molecular flexibility index (Phi) is 17.8.